The number of piperidine rings is 1. The van der Waals surface area contributed by atoms with Crippen LogP contribution in [0.4, 0.5) is 4.39 Å². The molecule has 1 aliphatic heterocycles. The molecule has 0 atom stereocenters. The Morgan fingerprint density at radius 2 is 2.11 bits per heavy atom. The van der Waals surface area contributed by atoms with E-state index in [0.29, 0.717) is 38.3 Å². The molecular formula is C19H21FN2O5. The summed E-state index contributed by atoms with van der Waals surface area (Å²) in [6.07, 6.45) is 2.42. The average molecular weight is 376 g/mol. The second-order valence-corrected chi connectivity index (χ2v) is 6.19. The van der Waals surface area contributed by atoms with Crippen molar-refractivity contribution in [2.45, 2.75) is 26.4 Å². The summed E-state index contributed by atoms with van der Waals surface area (Å²) in [5, 5.41) is 0. The van der Waals surface area contributed by atoms with Crippen LogP contribution in [0.2, 0.25) is 0 Å². The van der Waals surface area contributed by atoms with Crippen molar-refractivity contribution in [3.63, 3.8) is 0 Å². The number of esters is 1. The number of nitrogens with zero attached hydrogens (tertiary/aromatic N) is 2. The predicted octanol–water partition coefficient (Wildman–Crippen LogP) is 2.81. The van der Waals surface area contributed by atoms with Crippen molar-refractivity contribution in [2.24, 2.45) is 5.92 Å². The highest BCUT2D eigenvalue weighted by atomic mass is 19.1. The van der Waals surface area contributed by atoms with Crippen LogP contribution in [0.15, 0.2) is 34.9 Å². The maximum absolute atomic E-state index is 13.1. The summed E-state index contributed by atoms with van der Waals surface area (Å²) in [5.74, 6) is -0.449. The lowest BCUT2D eigenvalue weighted by atomic mass is 9.97. The first kappa shape index (κ1) is 18.9. The molecule has 3 rings (SSSR count). The minimum Gasteiger partial charge on any atom is -0.484 e. The molecule has 1 aromatic heterocycles. The topological polar surface area (TPSA) is 81.9 Å². The molecule has 1 amide bonds. The molecule has 27 heavy (non-hydrogen) atoms. The van der Waals surface area contributed by atoms with Crippen molar-refractivity contribution in [3.05, 3.63) is 47.9 Å². The van der Waals surface area contributed by atoms with Gasteiger partial charge in [-0.1, -0.05) is 6.07 Å². The Bertz CT molecular complexity index is 799. The average Bonchev–Trinajstić information content (AvgIpc) is 3.15. The second kappa shape index (κ2) is 8.66. The maximum Gasteiger partial charge on any atom is 0.309 e. The fourth-order valence-corrected chi connectivity index (χ4v) is 2.92. The van der Waals surface area contributed by atoms with E-state index in [9.17, 15) is 14.0 Å². The van der Waals surface area contributed by atoms with E-state index in [1.807, 2.05) is 0 Å². The van der Waals surface area contributed by atoms with Gasteiger partial charge in [-0.25, -0.2) is 9.37 Å². The first-order valence-electron chi connectivity index (χ1n) is 8.85. The predicted molar refractivity (Wildman–Crippen MR) is 92.5 cm³/mol. The molecule has 0 saturated carbocycles. The zero-order chi connectivity index (χ0) is 19.2. The Kier molecular flexibility index (Phi) is 6.05. The molecule has 8 heteroatoms. The molecule has 1 saturated heterocycles. The van der Waals surface area contributed by atoms with Crippen LogP contribution in [-0.4, -0.2) is 41.5 Å². The smallest absolute Gasteiger partial charge is 0.309 e. The number of halogens is 1. The molecule has 1 fully saturated rings. The van der Waals surface area contributed by atoms with Crippen LogP contribution in [-0.2, 0) is 16.1 Å². The highest BCUT2D eigenvalue weighted by Gasteiger charge is 2.29. The summed E-state index contributed by atoms with van der Waals surface area (Å²) in [5.41, 5.74) is 0.183. The number of benzene rings is 1. The summed E-state index contributed by atoms with van der Waals surface area (Å²) >= 11 is 0. The summed E-state index contributed by atoms with van der Waals surface area (Å²) < 4.78 is 28.8. The van der Waals surface area contributed by atoms with Gasteiger partial charge in [0.2, 0.25) is 5.89 Å². The van der Waals surface area contributed by atoms with E-state index in [1.165, 1.54) is 24.5 Å². The summed E-state index contributed by atoms with van der Waals surface area (Å²) in [6.45, 7) is 3.05. The minimum absolute atomic E-state index is 0.0122. The van der Waals surface area contributed by atoms with Gasteiger partial charge in [-0.05, 0) is 31.9 Å². The first-order valence-corrected chi connectivity index (χ1v) is 8.85. The lowest BCUT2D eigenvalue weighted by Gasteiger charge is -2.30. The number of rotatable bonds is 6. The number of oxazole rings is 1. The number of amides is 1. The van der Waals surface area contributed by atoms with Gasteiger partial charge in [0.25, 0.3) is 5.91 Å². The molecule has 0 spiro atoms. The molecule has 0 N–H and O–H groups in total. The Hall–Kier alpha value is -2.90. The van der Waals surface area contributed by atoms with Crippen molar-refractivity contribution >= 4 is 11.9 Å². The van der Waals surface area contributed by atoms with Crippen LogP contribution in [0.1, 0.15) is 36.1 Å². The standard InChI is InChI=1S/C19H21FN2O5/c1-2-25-19(24)13-6-8-22(9-7-13)18(23)16-11-27-17(21-16)12-26-15-5-3-4-14(20)10-15/h3-5,10-11,13H,2,6-9,12H2,1H3. The summed E-state index contributed by atoms with van der Waals surface area (Å²) in [6, 6.07) is 5.73. The summed E-state index contributed by atoms with van der Waals surface area (Å²) in [7, 11) is 0. The van der Waals surface area contributed by atoms with E-state index in [2.05, 4.69) is 4.98 Å². The van der Waals surface area contributed by atoms with E-state index >= 15 is 0 Å². The van der Waals surface area contributed by atoms with Crippen molar-refractivity contribution in [2.75, 3.05) is 19.7 Å². The van der Waals surface area contributed by atoms with Gasteiger partial charge in [0, 0.05) is 19.2 Å². The van der Waals surface area contributed by atoms with Crippen LogP contribution < -0.4 is 4.74 Å². The van der Waals surface area contributed by atoms with E-state index in [0.717, 1.165) is 0 Å². The Balaban J connectivity index is 1.52. The van der Waals surface area contributed by atoms with Gasteiger partial charge in [0.15, 0.2) is 12.3 Å². The van der Waals surface area contributed by atoms with Crippen molar-refractivity contribution in [1.82, 2.24) is 9.88 Å². The largest absolute Gasteiger partial charge is 0.484 e. The number of hydrogen-bond donors (Lipinski definition) is 0. The van der Waals surface area contributed by atoms with E-state index in [-0.39, 0.29) is 36.0 Å². The van der Waals surface area contributed by atoms with Crippen LogP contribution in [0.5, 0.6) is 5.75 Å². The Morgan fingerprint density at radius 1 is 1.33 bits per heavy atom. The highest BCUT2D eigenvalue weighted by molar-refractivity contribution is 5.92. The van der Waals surface area contributed by atoms with Crippen molar-refractivity contribution in [3.8, 4) is 5.75 Å². The van der Waals surface area contributed by atoms with Crippen LogP contribution in [0, 0.1) is 11.7 Å². The molecule has 144 valence electrons. The molecule has 0 bridgehead atoms. The van der Waals surface area contributed by atoms with Gasteiger partial charge in [0.1, 0.15) is 17.8 Å². The van der Waals surface area contributed by atoms with Gasteiger partial charge < -0.3 is 18.8 Å². The number of likely N-dealkylation sites (tertiary alicyclic amines) is 1. The molecular weight excluding hydrogens is 355 g/mol. The van der Waals surface area contributed by atoms with Gasteiger partial charge >= 0.3 is 5.97 Å². The highest BCUT2D eigenvalue weighted by Crippen LogP contribution is 2.21. The molecule has 0 unspecified atom stereocenters. The van der Waals surface area contributed by atoms with E-state index < -0.39 is 5.82 Å². The number of ether oxygens (including phenoxy) is 2. The zero-order valence-corrected chi connectivity index (χ0v) is 15.0. The molecule has 0 radical (unpaired) electrons. The minimum atomic E-state index is -0.401. The third kappa shape index (κ3) is 4.84. The van der Waals surface area contributed by atoms with Gasteiger partial charge in [-0.15, -0.1) is 0 Å². The molecule has 1 aromatic carbocycles. The first-order chi connectivity index (χ1) is 13.1. The quantitative estimate of drug-likeness (QED) is 0.721. The van der Waals surface area contributed by atoms with Crippen molar-refractivity contribution in [1.29, 1.82) is 0 Å². The summed E-state index contributed by atoms with van der Waals surface area (Å²) in [4.78, 5) is 30.1. The fourth-order valence-electron chi connectivity index (χ4n) is 2.92. The third-order valence-corrected chi connectivity index (χ3v) is 4.33. The van der Waals surface area contributed by atoms with Crippen LogP contribution >= 0.6 is 0 Å². The fraction of sp³-hybridized carbons (Fsp3) is 0.421. The maximum atomic E-state index is 13.1. The lowest BCUT2D eigenvalue weighted by Crippen LogP contribution is -2.40. The normalized spacial score (nSPS) is 14.8. The second-order valence-electron chi connectivity index (χ2n) is 6.19. The zero-order valence-electron chi connectivity index (χ0n) is 15.0. The van der Waals surface area contributed by atoms with Gasteiger partial charge in [-0.3, -0.25) is 9.59 Å². The molecule has 1 aliphatic rings. The number of carbonyl (C=O) groups is 2. The van der Waals surface area contributed by atoms with Gasteiger partial charge in [0.05, 0.1) is 12.5 Å². The number of carbonyl (C=O) groups excluding carboxylic acids is 2. The van der Waals surface area contributed by atoms with Crippen LogP contribution in [0.3, 0.4) is 0 Å². The van der Waals surface area contributed by atoms with Crippen LogP contribution in [0.25, 0.3) is 0 Å². The van der Waals surface area contributed by atoms with Crippen molar-refractivity contribution < 1.29 is 27.9 Å². The molecule has 2 aromatic rings. The molecule has 0 aliphatic carbocycles. The number of aromatic nitrogens is 1. The molecule has 2 heterocycles. The molecule has 7 nitrogen and oxygen atoms in total. The van der Waals surface area contributed by atoms with E-state index in [1.54, 1.807) is 17.9 Å². The lowest BCUT2D eigenvalue weighted by molar-refractivity contribution is -0.149. The SMILES string of the molecule is CCOC(=O)C1CCN(C(=O)c2coc(COc3cccc(F)c3)n2)CC1. The number of hydrogen-bond acceptors (Lipinski definition) is 6. The monoisotopic (exact) mass is 376 g/mol. The Labute approximate surface area is 156 Å². The Morgan fingerprint density at radius 3 is 2.81 bits per heavy atom. The third-order valence-electron chi connectivity index (χ3n) is 4.33. The van der Waals surface area contributed by atoms with E-state index in [4.69, 9.17) is 13.9 Å². The van der Waals surface area contributed by atoms with Gasteiger partial charge in [-0.2, -0.15) is 0 Å².